The van der Waals surface area contributed by atoms with Crippen LogP contribution in [0.15, 0.2) is 109 Å². The molecular weight excluding hydrogens is 973 g/mol. The summed E-state index contributed by atoms with van der Waals surface area (Å²) in [7, 11) is 0. The Morgan fingerprint density at radius 3 is 0.772 bits per heavy atom. The van der Waals surface area contributed by atoms with Crippen LogP contribution >= 0.6 is 0 Å². The van der Waals surface area contributed by atoms with Crippen molar-refractivity contribution < 1.29 is 28.6 Å². The summed E-state index contributed by atoms with van der Waals surface area (Å²) in [5, 5.41) is 0. The van der Waals surface area contributed by atoms with Crippen LogP contribution in [0.2, 0.25) is 0 Å². The van der Waals surface area contributed by atoms with Crippen molar-refractivity contribution in [3.8, 4) is 0 Å². The monoisotopic (exact) mass is 1100 g/mol. The van der Waals surface area contributed by atoms with Gasteiger partial charge in [0.05, 0.1) is 0 Å². The lowest BCUT2D eigenvalue weighted by Gasteiger charge is -2.18. The highest BCUT2D eigenvalue weighted by Gasteiger charge is 2.19. The maximum Gasteiger partial charge on any atom is 0.306 e. The molecule has 0 bridgehead atoms. The molecule has 0 aromatic carbocycles. The quantitative estimate of drug-likeness (QED) is 0.0261. The summed E-state index contributed by atoms with van der Waals surface area (Å²) >= 11 is 0. The number of carbonyl (C=O) groups is 3. The molecule has 0 aliphatic rings. The molecule has 0 radical (unpaired) electrons. The number of carbonyl (C=O) groups excluding carboxylic acids is 3. The van der Waals surface area contributed by atoms with Gasteiger partial charge in [-0.1, -0.05) is 304 Å². The second-order valence-corrected chi connectivity index (χ2v) is 22.0. The van der Waals surface area contributed by atoms with E-state index < -0.39 is 6.10 Å². The molecule has 1 unspecified atom stereocenters. The van der Waals surface area contributed by atoms with Crippen LogP contribution in [-0.2, 0) is 28.6 Å². The van der Waals surface area contributed by atoms with E-state index in [0.717, 1.165) is 135 Å². The Morgan fingerprint density at radius 2 is 0.494 bits per heavy atom. The number of esters is 3. The van der Waals surface area contributed by atoms with Gasteiger partial charge in [0, 0.05) is 19.3 Å². The Labute approximate surface area is 489 Å². The fourth-order valence-electron chi connectivity index (χ4n) is 9.35. The summed E-state index contributed by atoms with van der Waals surface area (Å²) in [4.78, 5) is 38.4. The second kappa shape index (κ2) is 66.6. The molecule has 1 atom stereocenters. The third kappa shape index (κ3) is 64.8. The normalized spacial score (nSPS) is 12.8. The predicted molar refractivity (Wildman–Crippen MR) is 343 cm³/mol. The van der Waals surface area contributed by atoms with E-state index in [-0.39, 0.29) is 31.1 Å². The fraction of sp³-hybridized carbons (Fsp3) is 0.712. The van der Waals surface area contributed by atoms with E-state index in [0.29, 0.717) is 19.3 Å². The van der Waals surface area contributed by atoms with E-state index in [9.17, 15) is 14.4 Å². The van der Waals surface area contributed by atoms with Gasteiger partial charge in [0.15, 0.2) is 6.10 Å². The molecule has 0 amide bonds. The van der Waals surface area contributed by atoms with Crippen molar-refractivity contribution in [2.24, 2.45) is 0 Å². The molecule has 0 N–H and O–H groups in total. The van der Waals surface area contributed by atoms with Crippen LogP contribution in [0.4, 0.5) is 0 Å². The summed E-state index contributed by atoms with van der Waals surface area (Å²) in [6, 6.07) is 0. The number of ether oxygens (including phenoxy) is 3. The van der Waals surface area contributed by atoms with Crippen molar-refractivity contribution in [2.45, 2.75) is 322 Å². The minimum atomic E-state index is -0.789. The Hall–Kier alpha value is -3.93. The van der Waals surface area contributed by atoms with E-state index in [1.54, 1.807) is 0 Å². The van der Waals surface area contributed by atoms with Crippen molar-refractivity contribution in [3.05, 3.63) is 109 Å². The Morgan fingerprint density at radius 1 is 0.266 bits per heavy atom. The zero-order chi connectivity index (χ0) is 57.1. The Kier molecular flexibility index (Phi) is 63.3. The van der Waals surface area contributed by atoms with E-state index in [1.165, 1.54) is 141 Å². The van der Waals surface area contributed by atoms with Crippen LogP contribution in [0.5, 0.6) is 0 Å². The molecule has 0 aromatic heterocycles. The largest absolute Gasteiger partial charge is 0.462 e. The first-order valence-corrected chi connectivity index (χ1v) is 33.4. The van der Waals surface area contributed by atoms with E-state index >= 15 is 0 Å². The van der Waals surface area contributed by atoms with Gasteiger partial charge >= 0.3 is 17.9 Å². The third-order valence-corrected chi connectivity index (χ3v) is 14.3. The van der Waals surface area contributed by atoms with Gasteiger partial charge < -0.3 is 14.2 Å². The van der Waals surface area contributed by atoms with E-state index in [1.807, 2.05) is 0 Å². The summed E-state index contributed by atoms with van der Waals surface area (Å²) < 4.78 is 16.9. The smallest absolute Gasteiger partial charge is 0.306 e. The third-order valence-electron chi connectivity index (χ3n) is 14.3. The van der Waals surface area contributed by atoms with Crippen LogP contribution in [0.25, 0.3) is 0 Å². The summed E-state index contributed by atoms with van der Waals surface area (Å²) in [6.07, 6.45) is 91.0. The Bertz CT molecular complexity index is 1590. The standard InChI is InChI=1S/C73H124O6/c1-4-7-10-13-16-19-22-25-27-29-31-33-34-35-36-37-38-40-41-43-45-48-51-54-57-60-63-66-72(75)78-69-70(68-77-71(74)65-62-59-56-53-50-47-24-21-18-15-12-9-6-3)79-73(76)67-64-61-58-55-52-49-46-44-42-39-32-30-28-26-23-20-17-14-11-8-5-2/h7-8,10-11,16-17,19-20,25-28,31-33,39,44,46,70H,4-6,9,12-15,18,21-24,29-30,34-38,40-43,45,47-69H2,1-3H3/b10-7-,11-8-,19-16-,20-17-,27-25-,28-26-,33-31-,39-32-,46-44-. The zero-order valence-corrected chi connectivity index (χ0v) is 51.9. The molecule has 0 aliphatic carbocycles. The molecule has 0 aromatic rings. The molecular formula is C73H124O6. The number of unbranched alkanes of at least 4 members (excludes halogenated alkanes) is 31. The number of rotatable bonds is 60. The zero-order valence-electron chi connectivity index (χ0n) is 51.9. The highest BCUT2D eigenvalue weighted by molar-refractivity contribution is 5.71. The molecule has 452 valence electrons. The van der Waals surface area contributed by atoms with Crippen molar-refractivity contribution >= 4 is 17.9 Å². The summed E-state index contributed by atoms with van der Waals surface area (Å²) in [5.74, 6) is -0.891. The molecule has 6 nitrogen and oxygen atoms in total. The second-order valence-electron chi connectivity index (χ2n) is 22.0. The van der Waals surface area contributed by atoms with Crippen molar-refractivity contribution in [1.29, 1.82) is 0 Å². The van der Waals surface area contributed by atoms with Gasteiger partial charge in [-0.3, -0.25) is 14.4 Å². The van der Waals surface area contributed by atoms with E-state index in [4.69, 9.17) is 14.2 Å². The van der Waals surface area contributed by atoms with Crippen LogP contribution in [0.3, 0.4) is 0 Å². The molecule has 0 aliphatic heterocycles. The lowest BCUT2D eigenvalue weighted by Crippen LogP contribution is -2.30. The molecule has 0 saturated carbocycles. The van der Waals surface area contributed by atoms with Gasteiger partial charge in [0.1, 0.15) is 13.2 Å². The van der Waals surface area contributed by atoms with Crippen LogP contribution in [-0.4, -0.2) is 37.2 Å². The minimum Gasteiger partial charge on any atom is -0.462 e. The van der Waals surface area contributed by atoms with Crippen LogP contribution in [0, 0.1) is 0 Å². The Balaban J connectivity index is 4.32. The molecule has 0 saturated heterocycles. The first-order valence-electron chi connectivity index (χ1n) is 33.4. The SMILES string of the molecule is CC/C=C\C/C=C\C/C=C\C/C=C\C/C=C\CCCCCCCC(=O)OC(COC(=O)CCCCCCCCCCCCCCC)COC(=O)CCCCCCCCCCCCCCCC/C=C\C/C=C\C/C=C\C/C=C\CC. The van der Waals surface area contributed by atoms with Crippen molar-refractivity contribution in [2.75, 3.05) is 13.2 Å². The molecule has 79 heavy (non-hydrogen) atoms. The highest BCUT2D eigenvalue weighted by atomic mass is 16.6. The average Bonchev–Trinajstić information content (AvgIpc) is 3.45. The topological polar surface area (TPSA) is 78.9 Å². The maximum atomic E-state index is 12.9. The van der Waals surface area contributed by atoms with Crippen LogP contribution < -0.4 is 0 Å². The van der Waals surface area contributed by atoms with Crippen molar-refractivity contribution in [3.63, 3.8) is 0 Å². The van der Waals surface area contributed by atoms with Gasteiger partial charge in [0.25, 0.3) is 0 Å². The van der Waals surface area contributed by atoms with Crippen molar-refractivity contribution in [1.82, 2.24) is 0 Å². The molecule has 0 spiro atoms. The summed E-state index contributed by atoms with van der Waals surface area (Å²) in [6.45, 7) is 6.43. The predicted octanol–water partition coefficient (Wildman–Crippen LogP) is 23.0. The van der Waals surface area contributed by atoms with E-state index in [2.05, 4.69) is 130 Å². The molecule has 0 heterocycles. The minimum absolute atomic E-state index is 0.0835. The summed E-state index contributed by atoms with van der Waals surface area (Å²) in [5.41, 5.74) is 0. The number of allylic oxidation sites excluding steroid dienone is 18. The lowest BCUT2D eigenvalue weighted by molar-refractivity contribution is -0.167. The maximum absolute atomic E-state index is 12.9. The fourth-order valence-corrected chi connectivity index (χ4v) is 9.35. The van der Waals surface area contributed by atoms with Crippen LogP contribution in [0.1, 0.15) is 316 Å². The highest BCUT2D eigenvalue weighted by Crippen LogP contribution is 2.17. The van der Waals surface area contributed by atoms with Gasteiger partial charge in [0.2, 0.25) is 0 Å². The first-order chi connectivity index (χ1) is 39.0. The van der Waals surface area contributed by atoms with Gasteiger partial charge in [-0.15, -0.1) is 0 Å². The van der Waals surface area contributed by atoms with Gasteiger partial charge in [-0.2, -0.15) is 0 Å². The molecule has 0 rings (SSSR count). The molecule has 6 heteroatoms. The van der Waals surface area contributed by atoms with Gasteiger partial charge in [-0.05, 0) is 103 Å². The lowest BCUT2D eigenvalue weighted by atomic mass is 10.0. The number of hydrogen-bond acceptors (Lipinski definition) is 6. The average molecular weight is 1100 g/mol. The first kappa shape index (κ1) is 75.1. The van der Waals surface area contributed by atoms with Gasteiger partial charge in [-0.25, -0.2) is 0 Å². The number of hydrogen-bond donors (Lipinski definition) is 0. The molecule has 0 fully saturated rings.